The molecule has 2 N–H and O–H groups in total. The molecule has 5 nitrogen and oxygen atoms in total. The second kappa shape index (κ2) is 5.77. The molecule has 0 aliphatic heterocycles. The molecule has 0 bridgehead atoms. The molecule has 6 heteroatoms. The molecule has 0 amide bonds. The zero-order valence-electron chi connectivity index (χ0n) is 12.4. The molecule has 2 aromatic heterocycles. The zero-order valence-corrected chi connectivity index (χ0v) is 13.2. The Bertz CT molecular complexity index is 805. The molecule has 0 atom stereocenters. The van der Waals surface area contributed by atoms with Crippen LogP contribution >= 0.6 is 11.6 Å². The van der Waals surface area contributed by atoms with E-state index in [2.05, 4.69) is 46.3 Å². The number of hydrogen-bond donors (Lipinski definition) is 1. The number of hydrogen-bond acceptors (Lipinski definition) is 4. The van der Waals surface area contributed by atoms with Crippen LogP contribution in [0.25, 0.3) is 11.4 Å². The fourth-order valence-corrected chi connectivity index (χ4v) is 2.67. The van der Waals surface area contributed by atoms with Crippen molar-refractivity contribution >= 4 is 17.5 Å². The second-order valence-corrected chi connectivity index (χ2v) is 5.66. The highest BCUT2D eigenvalue weighted by atomic mass is 35.5. The summed E-state index contributed by atoms with van der Waals surface area (Å²) in [5, 5.41) is 4.81. The summed E-state index contributed by atoms with van der Waals surface area (Å²) < 4.78 is 1.77. The summed E-state index contributed by atoms with van der Waals surface area (Å²) in [5.41, 5.74) is 10.6. The number of halogens is 1. The maximum Gasteiger partial charge on any atom is 0.222 e. The third kappa shape index (κ3) is 3.09. The zero-order chi connectivity index (χ0) is 15.7. The van der Waals surface area contributed by atoms with E-state index in [9.17, 15) is 0 Å². The number of aromatic nitrogens is 4. The van der Waals surface area contributed by atoms with Gasteiger partial charge in [0.25, 0.3) is 0 Å². The van der Waals surface area contributed by atoms with Crippen molar-refractivity contribution < 1.29 is 0 Å². The molecule has 0 saturated heterocycles. The summed E-state index contributed by atoms with van der Waals surface area (Å²) in [4.78, 5) is 8.13. The predicted octanol–water partition coefficient (Wildman–Crippen LogP) is 3.01. The number of anilines is 1. The van der Waals surface area contributed by atoms with Gasteiger partial charge in [-0.25, -0.2) is 9.97 Å². The SMILES string of the molecule is Cc1cccc(Cc2cn(C)nc2-c2cc(Cl)nc(N)n2)c1. The van der Waals surface area contributed by atoms with Crippen molar-refractivity contribution in [3.8, 4) is 11.4 Å². The van der Waals surface area contributed by atoms with E-state index in [4.69, 9.17) is 17.3 Å². The lowest BCUT2D eigenvalue weighted by molar-refractivity contribution is 0.769. The average molecular weight is 314 g/mol. The normalized spacial score (nSPS) is 10.9. The lowest BCUT2D eigenvalue weighted by Crippen LogP contribution is -1.99. The Morgan fingerprint density at radius 3 is 2.77 bits per heavy atom. The van der Waals surface area contributed by atoms with Crippen molar-refractivity contribution in [1.82, 2.24) is 19.7 Å². The summed E-state index contributed by atoms with van der Waals surface area (Å²) in [5.74, 6) is 0.148. The smallest absolute Gasteiger partial charge is 0.222 e. The Kier molecular flexibility index (Phi) is 3.81. The van der Waals surface area contributed by atoms with Gasteiger partial charge < -0.3 is 5.73 Å². The van der Waals surface area contributed by atoms with Gasteiger partial charge in [0.2, 0.25) is 5.95 Å². The minimum absolute atomic E-state index is 0.148. The first-order valence-electron chi connectivity index (χ1n) is 6.90. The molecular formula is C16H16ClN5. The standard InChI is InChI=1S/C16H16ClN5/c1-10-4-3-5-11(6-10)7-12-9-22(2)21-15(12)13-8-14(17)20-16(18)19-13/h3-6,8-9H,7H2,1-2H3,(H2,18,19,20). The topological polar surface area (TPSA) is 69.6 Å². The van der Waals surface area contributed by atoms with Crippen molar-refractivity contribution in [3.05, 3.63) is 58.4 Å². The third-order valence-corrected chi connectivity index (χ3v) is 3.53. The summed E-state index contributed by atoms with van der Waals surface area (Å²) in [6.07, 6.45) is 2.76. The molecule has 112 valence electrons. The van der Waals surface area contributed by atoms with E-state index in [1.165, 1.54) is 11.1 Å². The van der Waals surface area contributed by atoms with Gasteiger partial charge in [0.05, 0.1) is 5.69 Å². The Labute approximate surface area is 133 Å². The van der Waals surface area contributed by atoms with Crippen LogP contribution in [0.15, 0.2) is 36.5 Å². The fourth-order valence-electron chi connectivity index (χ4n) is 2.48. The highest BCUT2D eigenvalue weighted by Gasteiger charge is 2.14. The van der Waals surface area contributed by atoms with Crippen LogP contribution < -0.4 is 5.73 Å². The van der Waals surface area contributed by atoms with E-state index < -0.39 is 0 Å². The van der Waals surface area contributed by atoms with Gasteiger partial charge in [-0.3, -0.25) is 4.68 Å². The number of benzene rings is 1. The van der Waals surface area contributed by atoms with E-state index in [-0.39, 0.29) is 5.95 Å². The lowest BCUT2D eigenvalue weighted by Gasteiger charge is -2.04. The first kappa shape index (κ1) is 14.5. The molecule has 1 aromatic carbocycles. The molecule has 22 heavy (non-hydrogen) atoms. The van der Waals surface area contributed by atoms with Gasteiger partial charge in [-0.2, -0.15) is 5.10 Å². The molecule has 0 aliphatic rings. The predicted molar refractivity (Wildman–Crippen MR) is 87.6 cm³/mol. The van der Waals surface area contributed by atoms with E-state index in [1.54, 1.807) is 10.7 Å². The van der Waals surface area contributed by atoms with Crippen LogP contribution in [-0.2, 0) is 13.5 Å². The van der Waals surface area contributed by atoms with E-state index in [0.29, 0.717) is 10.8 Å². The Morgan fingerprint density at radius 2 is 2.05 bits per heavy atom. The molecule has 0 saturated carbocycles. The third-order valence-electron chi connectivity index (χ3n) is 3.34. The Morgan fingerprint density at radius 1 is 1.23 bits per heavy atom. The van der Waals surface area contributed by atoms with Crippen LogP contribution in [0.2, 0.25) is 5.15 Å². The van der Waals surface area contributed by atoms with E-state index >= 15 is 0 Å². The monoisotopic (exact) mass is 313 g/mol. The number of aryl methyl sites for hydroxylation is 2. The first-order chi connectivity index (χ1) is 10.5. The number of nitrogens with two attached hydrogens (primary N) is 1. The molecule has 0 fully saturated rings. The first-order valence-corrected chi connectivity index (χ1v) is 7.27. The van der Waals surface area contributed by atoms with Gasteiger partial charge in [-0.05, 0) is 12.5 Å². The van der Waals surface area contributed by atoms with Gasteiger partial charge in [-0.1, -0.05) is 41.4 Å². The van der Waals surface area contributed by atoms with Crippen LogP contribution in [0.5, 0.6) is 0 Å². The summed E-state index contributed by atoms with van der Waals surface area (Å²) in [7, 11) is 1.88. The van der Waals surface area contributed by atoms with Crippen LogP contribution in [0, 0.1) is 6.92 Å². The number of rotatable bonds is 3. The molecule has 0 unspecified atom stereocenters. The maximum absolute atomic E-state index is 5.97. The van der Waals surface area contributed by atoms with Crippen LogP contribution in [0.4, 0.5) is 5.95 Å². The van der Waals surface area contributed by atoms with Crippen molar-refractivity contribution in [1.29, 1.82) is 0 Å². The van der Waals surface area contributed by atoms with Crippen molar-refractivity contribution in [2.45, 2.75) is 13.3 Å². The Balaban J connectivity index is 2.03. The van der Waals surface area contributed by atoms with E-state index in [0.717, 1.165) is 17.7 Å². The Hall–Kier alpha value is -2.40. The maximum atomic E-state index is 5.97. The molecule has 2 heterocycles. The van der Waals surface area contributed by atoms with Gasteiger partial charge >= 0.3 is 0 Å². The van der Waals surface area contributed by atoms with Crippen molar-refractivity contribution in [2.24, 2.45) is 7.05 Å². The van der Waals surface area contributed by atoms with Gasteiger partial charge in [0, 0.05) is 31.3 Å². The van der Waals surface area contributed by atoms with E-state index in [1.807, 2.05) is 13.2 Å². The highest BCUT2D eigenvalue weighted by Crippen LogP contribution is 2.25. The molecule has 0 radical (unpaired) electrons. The summed E-state index contributed by atoms with van der Waals surface area (Å²) in [6, 6.07) is 10.1. The number of nitrogen functional groups attached to an aromatic ring is 1. The molecule has 0 spiro atoms. The lowest BCUT2D eigenvalue weighted by atomic mass is 10.0. The largest absolute Gasteiger partial charge is 0.368 e. The van der Waals surface area contributed by atoms with Gasteiger partial charge in [0.1, 0.15) is 10.8 Å². The summed E-state index contributed by atoms with van der Waals surface area (Å²) in [6.45, 7) is 2.08. The fraction of sp³-hybridized carbons (Fsp3) is 0.188. The minimum Gasteiger partial charge on any atom is -0.368 e. The van der Waals surface area contributed by atoms with Crippen LogP contribution in [-0.4, -0.2) is 19.7 Å². The van der Waals surface area contributed by atoms with Gasteiger partial charge in [-0.15, -0.1) is 0 Å². The van der Waals surface area contributed by atoms with Crippen molar-refractivity contribution in [3.63, 3.8) is 0 Å². The summed E-state index contributed by atoms with van der Waals surface area (Å²) >= 11 is 5.97. The number of nitrogens with zero attached hydrogens (tertiary/aromatic N) is 4. The van der Waals surface area contributed by atoms with Gasteiger partial charge in [0.15, 0.2) is 0 Å². The van der Waals surface area contributed by atoms with Crippen molar-refractivity contribution in [2.75, 3.05) is 5.73 Å². The molecule has 3 rings (SSSR count). The second-order valence-electron chi connectivity index (χ2n) is 5.28. The average Bonchev–Trinajstić information content (AvgIpc) is 2.78. The molecular weight excluding hydrogens is 298 g/mol. The molecule has 0 aliphatic carbocycles. The quantitative estimate of drug-likeness (QED) is 0.755. The van der Waals surface area contributed by atoms with Crippen LogP contribution in [0.1, 0.15) is 16.7 Å². The van der Waals surface area contributed by atoms with Crippen LogP contribution in [0.3, 0.4) is 0 Å². The highest BCUT2D eigenvalue weighted by molar-refractivity contribution is 6.29. The minimum atomic E-state index is 0.148. The molecule has 3 aromatic rings.